The van der Waals surface area contributed by atoms with Crippen molar-refractivity contribution in [2.75, 3.05) is 11.1 Å². The standard InChI is InChI=1S/C12H12N4O/c13-11-2-1-10(8-15-11)16-12(17)7-9-3-5-14-6-4-9/h1-6,8H,7H2,(H2,13,15)(H,16,17). The first kappa shape index (κ1) is 11.1. The smallest absolute Gasteiger partial charge is 0.228 e. The van der Waals surface area contributed by atoms with Gasteiger partial charge in [0.2, 0.25) is 5.91 Å². The van der Waals surface area contributed by atoms with Gasteiger partial charge in [0, 0.05) is 12.4 Å². The Kier molecular flexibility index (Phi) is 3.30. The van der Waals surface area contributed by atoms with Crippen molar-refractivity contribution in [2.45, 2.75) is 6.42 Å². The molecule has 2 aromatic rings. The van der Waals surface area contributed by atoms with E-state index in [0.717, 1.165) is 5.56 Å². The van der Waals surface area contributed by atoms with Crippen molar-refractivity contribution in [1.29, 1.82) is 0 Å². The van der Waals surface area contributed by atoms with E-state index in [2.05, 4.69) is 15.3 Å². The average molecular weight is 228 g/mol. The number of rotatable bonds is 3. The van der Waals surface area contributed by atoms with Crippen LogP contribution in [0.15, 0.2) is 42.9 Å². The molecule has 0 saturated heterocycles. The molecule has 0 spiro atoms. The van der Waals surface area contributed by atoms with Crippen LogP contribution in [0.3, 0.4) is 0 Å². The lowest BCUT2D eigenvalue weighted by atomic mass is 10.2. The lowest BCUT2D eigenvalue weighted by Crippen LogP contribution is -2.14. The highest BCUT2D eigenvalue weighted by Gasteiger charge is 2.03. The first-order valence-electron chi connectivity index (χ1n) is 5.14. The Morgan fingerprint density at radius 2 is 2.00 bits per heavy atom. The van der Waals surface area contributed by atoms with Crippen molar-refractivity contribution in [3.8, 4) is 0 Å². The molecule has 0 bridgehead atoms. The number of amides is 1. The molecule has 2 aromatic heterocycles. The van der Waals surface area contributed by atoms with Gasteiger partial charge in [-0.2, -0.15) is 0 Å². The van der Waals surface area contributed by atoms with Gasteiger partial charge < -0.3 is 11.1 Å². The predicted octanol–water partition coefficient (Wildman–Crippen LogP) is 1.24. The summed E-state index contributed by atoms with van der Waals surface area (Å²) in [5.41, 5.74) is 7.01. The van der Waals surface area contributed by atoms with Crippen molar-refractivity contribution in [3.63, 3.8) is 0 Å². The Morgan fingerprint density at radius 3 is 2.65 bits per heavy atom. The second-order valence-electron chi connectivity index (χ2n) is 3.55. The lowest BCUT2D eigenvalue weighted by Gasteiger charge is -2.04. The maximum atomic E-state index is 11.7. The van der Waals surface area contributed by atoms with Gasteiger partial charge in [-0.25, -0.2) is 4.98 Å². The molecule has 0 atom stereocenters. The van der Waals surface area contributed by atoms with Crippen LogP contribution in [0.4, 0.5) is 11.5 Å². The third-order valence-electron chi connectivity index (χ3n) is 2.18. The van der Waals surface area contributed by atoms with Gasteiger partial charge in [0.1, 0.15) is 5.82 Å². The third kappa shape index (κ3) is 3.27. The third-order valence-corrected chi connectivity index (χ3v) is 2.18. The van der Waals surface area contributed by atoms with Crippen LogP contribution in [0, 0.1) is 0 Å². The van der Waals surface area contributed by atoms with E-state index in [1.165, 1.54) is 6.20 Å². The summed E-state index contributed by atoms with van der Waals surface area (Å²) in [7, 11) is 0. The van der Waals surface area contributed by atoms with E-state index in [9.17, 15) is 4.79 Å². The highest BCUT2D eigenvalue weighted by atomic mass is 16.1. The van der Waals surface area contributed by atoms with Gasteiger partial charge in [-0.3, -0.25) is 9.78 Å². The van der Waals surface area contributed by atoms with Gasteiger partial charge >= 0.3 is 0 Å². The number of hydrogen-bond donors (Lipinski definition) is 2. The number of nitrogens with two attached hydrogens (primary N) is 1. The summed E-state index contributed by atoms with van der Waals surface area (Å²) >= 11 is 0. The topological polar surface area (TPSA) is 80.9 Å². The molecule has 0 aliphatic heterocycles. The van der Waals surface area contributed by atoms with Gasteiger partial charge in [-0.05, 0) is 29.8 Å². The van der Waals surface area contributed by atoms with Crippen molar-refractivity contribution < 1.29 is 4.79 Å². The van der Waals surface area contributed by atoms with Gasteiger partial charge in [-0.1, -0.05) is 0 Å². The van der Waals surface area contributed by atoms with E-state index < -0.39 is 0 Å². The highest BCUT2D eigenvalue weighted by molar-refractivity contribution is 5.92. The zero-order chi connectivity index (χ0) is 12.1. The molecule has 17 heavy (non-hydrogen) atoms. The molecule has 3 N–H and O–H groups in total. The predicted molar refractivity (Wildman–Crippen MR) is 65.2 cm³/mol. The summed E-state index contributed by atoms with van der Waals surface area (Å²) in [6.07, 6.45) is 5.16. The number of aromatic nitrogens is 2. The Bertz CT molecular complexity index is 496. The van der Waals surface area contributed by atoms with Crippen LogP contribution < -0.4 is 11.1 Å². The Hall–Kier alpha value is -2.43. The van der Waals surface area contributed by atoms with Gasteiger partial charge in [0.15, 0.2) is 0 Å². The first-order chi connectivity index (χ1) is 8.24. The van der Waals surface area contributed by atoms with E-state index >= 15 is 0 Å². The summed E-state index contributed by atoms with van der Waals surface area (Å²) in [5, 5.41) is 2.74. The fourth-order valence-electron chi connectivity index (χ4n) is 1.37. The minimum Gasteiger partial charge on any atom is -0.384 e. The summed E-state index contributed by atoms with van der Waals surface area (Å²) in [4.78, 5) is 19.5. The maximum Gasteiger partial charge on any atom is 0.228 e. The molecule has 0 unspecified atom stereocenters. The van der Waals surface area contributed by atoms with Crippen LogP contribution >= 0.6 is 0 Å². The fraction of sp³-hybridized carbons (Fsp3) is 0.0833. The average Bonchev–Trinajstić information content (AvgIpc) is 2.33. The van der Waals surface area contributed by atoms with Gasteiger partial charge in [0.05, 0.1) is 18.3 Å². The number of carbonyl (C=O) groups is 1. The number of carbonyl (C=O) groups excluding carboxylic acids is 1. The molecule has 0 saturated carbocycles. The number of nitrogens with one attached hydrogen (secondary N) is 1. The summed E-state index contributed by atoms with van der Waals surface area (Å²) in [6, 6.07) is 6.97. The molecule has 5 heteroatoms. The summed E-state index contributed by atoms with van der Waals surface area (Å²) in [5.74, 6) is 0.333. The Labute approximate surface area is 98.7 Å². The molecule has 0 aliphatic rings. The van der Waals surface area contributed by atoms with Crippen LogP contribution in [-0.4, -0.2) is 15.9 Å². The molecule has 0 aliphatic carbocycles. The molecule has 1 amide bonds. The number of nitrogen functional groups attached to an aromatic ring is 1. The highest BCUT2D eigenvalue weighted by Crippen LogP contribution is 2.08. The number of hydrogen-bond acceptors (Lipinski definition) is 4. The van der Waals surface area contributed by atoms with Crippen LogP contribution in [-0.2, 0) is 11.2 Å². The molecule has 0 aromatic carbocycles. The minimum atomic E-state index is -0.0947. The molecule has 5 nitrogen and oxygen atoms in total. The van der Waals surface area contributed by atoms with E-state index in [1.54, 1.807) is 36.7 Å². The van der Waals surface area contributed by atoms with Crippen molar-refractivity contribution in [1.82, 2.24) is 9.97 Å². The zero-order valence-corrected chi connectivity index (χ0v) is 9.13. The molecule has 0 radical (unpaired) electrons. The van der Waals surface area contributed by atoms with Crippen LogP contribution in [0.1, 0.15) is 5.56 Å². The molecule has 86 valence electrons. The Morgan fingerprint density at radius 1 is 1.24 bits per heavy atom. The van der Waals surface area contributed by atoms with Crippen molar-refractivity contribution in [2.24, 2.45) is 0 Å². The van der Waals surface area contributed by atoms with Gasteiger partial charge in [-0.15, -0.1) is 0 Å². The summed E-state index contributed by atoms with van der Waals surface area (Å²) < 4.78 is 0. The summed E-state index contributed by atoms with van der Waals surface area (Å²) in [6.45, 7) is 0. The van der Waals surface area contributed by atoms with Crippen LogP contribution in [0.2, 0.25) is 0 Å². The molecule has 2 heterocycles. The number of pyridine rings is 2. The van der Waals surface area contributed by atoms with Crippen LogP contribution in [0.5, 0.6) is 0 Å². The largest absolute Gasteiger partial charge is 0.384 e. The lowest BCUT2D eigenvalue weighted by molar-refractivity contribution is -0.115. The van der Waals surface area contributed by atoms with Gasteiger partial charge in [0.25, 0.3) is 0 Å². The molecule has 0 fully saturated rings. The van der Waals surface area contributed by atoms with E-state index in [-0.39, 0.29) is 5.91 Å². The minimum absolute atomic E-state index is 0.0947. The van der Waals surface area contributed by atoms with E-state index in [4.69, 9.17) is 5.73 Å². The normalized spacial score (nSPS) is 9.88. The van der Waals surface area contributed by atoms with Crippen molar-refractivity contribution in [3.05, 3.63) is 48.4 Å². The molecule has 2 rings (SSSR count). The van der Waals surface area contributed by atoms with E-state index in [0.29, 0.717) is 17.9 Å². The monoisotopic (exact) mass is 228 g/mol. The zero-order valence-electron chi connectivity index (χ0n) is 9.13. The second-order valence-corrected chi connectivity index (χ2v) is 3.55. The van der Waals surface area contributed by atoms with Crippen molar-refractivity contribution >= 4 is 17.4 Å². The molecular formula is C12H12N4O. The number of anilines is 2. The SMILES string of the molecule is Nc1ccc(NC(=O)Cc2ccncc2)cn1. The van der Waals surface area contributed by atoms with Crippen LogP contribution in [0.25, 0.3) is 0 Å². The Balaban J connectivity index is 1.96. The number of nitrogens with zero attached hydrogens (tertiary/aromatic N) is 2. The molecular weight excluding hydrogens is 216 g/mol. The maximum absolute atomic E-state index is 11.7. The quantitative estimate of drug-likeness (QED) is 0.828. The first-order valence-corrected chi connectivity index (χ1v) is 5.14. The second kappa shape index (κ2) is 5.07. The van der Waals surface area contributed by atoms with E-state index in [1.807, 2.05) is 0 Å². The fourth-order valence-corrected chi connectivity index (χ4v) is 1.37.